The van der Waals surface area contributed by atoms with E-state index in [1.165, 1.54) is 0 Å². The first-order valence-electron chi connectivity index (χ1n) is 13.3. The highest BCUT2D eigenvalue weighted by atomic mass is 16.5. The number of H-pyrrole nitrogens is 1. The number of hydrogen-bond donors (Lipinski definition) is 2. The molecule has 8 heteroatoms. The molecule has 4 aromatic rings. The zero-order chi connectivity index (χ0) is 26.8. The molecule has 2 aliphatic rings. The molecule has 2 aliphatic heterocycles. The molecule has 2 aromatic heterocycles. The van der Waals surface area contributed by atoms with Gasteiger partial charge in [-0.15, -0.1) is 0 Å². The van der Waals surface area contributed by atoms with Gasteiger partial charge in [-0.25, -0.2) is 0 Å². The Balaban J connectivity index is 1.17. The van der Waals surface area contributed by atoms with Gasteiger partial charge in [-0.3, -0.25) is 9.78 Å². The Morgan fingerprint density at radius 2 is 2.05 bits per heavy atom. The minimum atomic E-state index is -0.195. The van der Waals surface area contributed by atoms with Gasteiger partial charge in [0.2, 0.25) is 0 Å². The van der Waals surface area contributed by atoms with Crippen molar-refractivity contribution < 1.29 is 14.2 Å². The van der Waals surface area contributed by atoms with Crippen molar-refractivity contribution in [1.82, 2.24) is 9.97 Å². The number of pyridine rings is 2. The summed E-state index contributed by atoms with van der Waals surface area (Å²) in [5, 5.41) is 3.50. The molecule has 0 saturated carbocycles. The molecule has 0 spiro atoms. The Morgan fingerprint density at radius 1 is 1.13 bits per heavy atom. The topological polar surface area (TPSA) is 88.7 Å². The van der Waals surface area contributed by atoms with Crippen molar-refractivity contribution in [2.24, 2.45) is 0 Å². The molecule has 1 fully saturated rings. The van der Waals surface area contributed by atoms with Gasteiger partial charge in [0.05, 0.1) is 18.9 Å². The molecule has 6 rings (SSSR count). The predicted molar refractivity (Wildman–Crippen MR) is 151 cm³/mol. The van der Waals surface area contributed by atoms with E-state index in [1.807, 2.05) is 50.4 Å². The highest BCUT2D eigenvalue weighted by Gasteiger charge is 2.29. The van der Waals surface area contributed by atoms with Gasteiger partial charge in [0, 0.05) is 55.3 Å². The van der Waals surface area contributed by atoms with Crippen molar-refractivity contribution in [2.75, 3.05) is 29.9 Å². The van der Waals surface area contributed by atoms with Crippen LogP contribution in [0.25, 0.3) is 0 Å². The molecule has 39 heavy (non-hydrogen) atoms. The van der Waals surface area contributed by atoms with Gasteiger partial charge in [-0.05, 0) is 61.4 Å². The summed E-state index contributed by atoms with van der Waals surface area (Å²) >= 11 is 0. The first kappa shape index (κ1) is 25.0. The Bertz CT molecular complexity index is 1530. The van der Waals surface area contributed by atoms with E-state index >= 15 is 0 Å². The van der Waals surface area contributed by atoms with Crippen molar-refractivity contribution in [3.05, 3.63) is 106 Å². The molecule has 1 unspecified atom stereocenters. The fraction of sp³-hybridized carbons (Fsp3) is 0.290. The number of anilines is 2. The average Bonchev–Trinajstić information content (AvgIpc) is 2.95. The molecule has 1 atom stereocenters. The second-order valence-corrected chi connectivity index (χ2v) is 10.2. The summed E-state index contributed by atoms with van der Waals surface area (Å²) in [5.74, 6) is 2.48. The van der Waals surface area contributed by atoms with Crippen molar-refractivity contribution in [3.8, 4) is 17.2 Å². The fourth-order valence-electron chi connectivity index (χ4n) is 5.18. The number of morpholine rings is 1. The number of rotatable bonds is 7. The van der Waals surface area contributed by atoms with Gasteiger partial charge in [0.25, 0.3) is 5.56 Å². The van der Waals surface area contributed by atoms with Crippen molar-refractivity contribution in [1.29, 1.82) is 0 Å². The lowest BCUT2D eigenvalue weighted by molar-refractivity contribution is 0.0383. The Kier molecular flexibility index (Phi) is 6.94. The second kappa shape index (κ2) is 10.8. The smallest absolute Gasteiger partial charge is 0.271 e. The third-order valence-electron chi connectivity index (χ3n) is 6.97. The number of para-hydroxylation sites is 1. The van der Waals surface area contributed by atoms with Crippen LogP contribution in [-0.2, 0) is 17.7 Å². The number of aromatic amines is 1. The number of fused-ring (bicyclic) bond motifs is 2. The van der Waals surface area contributed by atoms with E-state index in [0.717, 1.165) is 51.6 Å². The van der Waals surface area contributed by atoms with E-state index in [-0.39, 0.29) is 17.8 Å². The highest BCUT2D eigenvalue weighted by molar-refractivity contribution is 5.59. The molecule has 0 bridgehead atoms. The lowest BCUT2D eigenvalue weighted by Gasteiger charge is -2.35. The Hall–Kier alpha value is -4.30. The molecule has 0 amide bonds. The normalized spacial score (nSPS) is 16.3. The van der Waals surface area contributed by atoms with Crippen LogP contribution in [0.3, 0.4) is 0 Å². The minimum Gasteiger partial charge on any atom is -0.489 e. The van der Waals surface area contributed by atoms with Gasteiger partial charge >= 0.3 is 0 Å². The number of aromatic nitrogens is 2. The number of nitrogens with one attached hydrogen (secondary N) is 2. The second-order valence-electron chi connectivity index (χ2n) is 10.2. The maximum Gasteiger partial charge on any atom is 0.271 e. The van der Waals surface area contributed by atoms with Crippen LogP contribution in [0.2, 0.25) is 0 Å². The molecule has 0 aliphatic carbocycles. The van der Waals surface area contributed by atoms with Crippen LogP contribution in [0.5, 0.6) is 17.2 Å². The van der Waals surface area contributed by atoms with Crippen molar-refractivity contribution in [3.63, 3.8) is 0 Å². The van der Waals surface area contributed by atoms with Crippen LogP contribution in [0.4, 0.5) is 11.4 Å². The number of benzene rings is 2. The molecule has 200 valence electrons. The third kappa shape index (κ3) is 5.47. The quantitative estimate of drug-likeness (QED) is 0.293. The van der Waals surface area contributed by atoms with Gasteiger partial charge in [-0.2, -0.15) is 0 Å². The van der Waals surface area contributed by atoms with Crippen LogP contribution in [0, 0.1) is 0 Å². The zero-order valence-corrected chi connectivity index (χ0v) is 22.1. The van der Waals surface area contributed by atoms with Crippen LogP contribution in [0.1, 0.15) is 42.2 Å². The molecule has 0 radical (unpaired) electrons. The summed E-state index contributed by atoms with van der Waals surface area (Å²) in [4.78, 5) is 21.5. The number of nitrogens with zero attached hydrogens (tertiary/aromatic N) is 2. The molecular weight excluding hydrogens is 492 g/mol. The Morgan fingerprint density at radius 3 is 2.92 bits per heavy atom. The van der Waals surface area contributed by atoms with E-state index in [1.54, 1.807) is 12.4 Å². The van der Waals surface area contributed by atoms with E-state index < -0.39 is 0 Å². The van der Waals surface area contributed by atoms with Crippen LogP contribution in [-0.4, -0.2) is 35.8 Å². The summed E-state index contributed by atoms with van der Waals surface area (Å²) < 4.78 is 18.4. The summed E-state index contributed by atoms with van der Waals surface area (Å²) in [6, 6.07) is 18.2. The van der Waals surface area contributed by atoms with Crippen LogP contribution >= 0.6 is 0 Å². The number of hydrogen-bond acceptors (Lipinski definition) is 7. The monoisotopic (exact) mass is 524 g/mol. The minimum absolute atomic E-state index is 0.0873. The standard InChI is InChI=1S/C31H32N4O4/c1-20(2)38-25-13-21(16-32-18-25)17-34-24-8-9-28-23(15-24)14-22-5-3-6-26(30(22)39-28)29-19-35(11-12-37-29)27-7-4-10-33-31(27)36/h3-10,13,15-16,18,20,29,34H,11-12,14,17,19H2,1-2H3,(H,33,36). The van der Waals surface area contributed by atoms with E-state index in [0.29, 0.717) is 31.9 Å². The zero-order valence-electron chi connectivity index (χ0n) is 22.1. The SMILES string of the molecule is CC(C)Oc1cncc(CNc2ccc3c(c2)Cc2cccc(C4CN(c5ccc[nH]c5=O)CCO4)c2O3)c1. The highest BCUT2D eigenvalue weighted by Crippen LogP contribution is 2.43. The Labute approximate surface area is 227 Å². The summed E-state index contributed by atoms with van der Waals surface area (Å²) in [6.07, 6.45) is 5.92. The lowest BCUT2D eigenvalue weighted by atomic mass is 9.95. The van der Waals surface area contributed by atoms with Gasteiger partial charge in [0.1, 0.15) is 29.0 Å². The third-order valence-corrected chi connectivity index (χ3v) is 6.97. The molecule has 8 nitrogen and oxygen atoms in total. The first-order valence-corrected chi connectivity index (χ1v) is 13.3. The van der Waals surface area contributed by atoms with E-state index in [4.69, 9.17) is 14.2 Å². The van der Waals surface area contributed by atoms with E-state index in [2.05, 4.69) is 44.5 Å². The van der Waals surface area contributed by atoms with Gasteiger partial charge in [-0.1, -0.05) is 18.2 Å². The first-order chi connectivity index (χ1) is 19.0. The maximum atomic E-state index is 12.4. The molecule has 2 N–H and O–H groups in total. The van der Waals surface area contributed by atoms with Crippen molar-refractivity contribution >= 4 is 11.4 Å². The van der Waals surface area contributed by atoms with Crippen LogP contribution < -0.4 is 25.2 Å². The summed E-state index contributed by atoms with van der Waals surface area (Å²) in [7, 11) is 0. The summed E-state index contributed by atoms with van der Waals surface area (Å²) in [5.41, 5.74) is 5.91. The fourth-order valence-corrected chi connectivity index (χ4v) is 5.18. The van der Waals surface area contributed by atoms with E-state index in [9.17, 15) is 4.79 Å². The van der Waals surface area contributed by atoms with Gasteiger partial charge < -0.3 is 29.4 Å². The molecule has 2 aromatic carbocycles. The summed E-state index contributed by atoms with van der Waals surface area (Å²) in [6.45, 7) is 6.44. The molecular formula is C31H32N4O4. The average molecular weight is 525 g/mol. The number of ether oxygens (including phenoxy) is 3. The van der Waals surface area contributed by atoms with Gasteiger partial charge in [0.15, 0.2) is 0 Å². The predicted octanol–water partition coefficient (Wildman–Crippen LogP) is 5.44. The lowest BCUT2D eigenvalue weighted by Crippen LogP contribution is -2.41. The largest absolute Gasteiger partial charge is 0.489 e. The molecule has 4 heterocycles. The maximum absolute atomic E-state index is 12.4. The molecule has 1 saturated heterocycles. The van der Waals surface area contributed by atoms with Crippen LogP contribution in [0.15, 0.2) is 78.0 Å². The van der Waals surface area contributed by atoms with Crippen molar-refractivity contribution in [2.45, 2.75) is 39.0 Å².